The van der Waals surface area contributed by atoms with Crippen molar-refractivity contribution in [1.29, 1.82) is 0 Å². The maximum atomic E-state index is 15.4. The van der Waals surface area contributed by atoms with Gasteiger partial charge in [-0.15, -0.1) is 0 Å². The quantitative estimate of drug-likeness (QED) is 0.278. The summed E-state index contributed by atoms with van der Waals surface area (Å²) in [4.78, 5) is 32.5. The molecule has 5 aromatic rings. The number of pyridine rings is 2. The molecule has 2 aromatic carbocycles. The van der Waals surface area contributed by atoms with Gasteiger partial charge in [0.1, 0.15) is 18.2 Å². The van der Waals surface area contributed by atoms with Crippen LogP contribution in [0.1, 0.15) is 27.4 Å². The first-order valence-corrected chi connectivity index (χ1v) is 12.6. The Balaban J connectivity index is 1.38. The predicted molar refractivity (Wildman–Crippen MR) is 147 cm³/mol. The summed E-state index contributed by atoms with van der Waals surface area (Å²) in [6, 6.07) is 19.8. The number of methoxy groups -OCH3 is 1. The Kier molecular flexibility index (Phi) is 7.70. The number of aromatic nitrogens is 4. The Labute approximate surface area is 229 Å². The molecule has 1 N–H and O–H groups in total. The minimum absolute atomic E-state index is 0.127. The fraction of sp³-hybridized carbons (Fsp3) is 0.200. The summed E-state index contributed by atoms with van der Waals surface area (Å²) < 4.78 is 29.7. The van der Waals surface area contributed by atoms with E-state index in [1.165, 1.54) is 22.8 Å². The number of rotatable bonds is 10. The first kappa shape index (κ1) is 26.8. The topological polar surface area (TPSA) is 108 Å². The molecular formula is C30H27FN4O5. The SMILES string of the molecule is COCCn1c(Cc2ccc(-c3cccc(OCc4cccc(=O)n4C)n3)cc2F)nc2ccc(C(=O)O)cc21. The van der Waals surface area contributed by atoms with Crippen molar-refractivity contribution in [2.45, 2.75) is 19.6 Å². The van der Waals surface area contributed by atoms with Crippen LogP contribution in [0.25, 0.3) is 22.3 Å². The Hall–Kier alpha value is -4.83. The third kappa shape index (κ3) is 5.62. The first-order chi connectivity index (χ1) is 19.3. The molecule has 0 saturated heterocycles. The van der Waals surface area contributed by atoms with E-state index < -0.39 is 11.8 Å². The van der Waals surface area contributed by atoms with E-state index >= 15 is 4.39 Å². The summed E-state index contributed by atoms with van der Waals surface area (Å²) in [5, 5.41) is 9.40. The largest absolute Gasteiger partial charge is 0.478 e. The van der Waals surface area contributed by atoms with Gasteiger partial charge >= 0.3 is 5.97 Å². The average molecular weight is 543 g/mol. The van der Waals surface area contributed by atoms with Gasteiger partial charge < -0.3 is 23.7 Å². The highest BCUT2D eigenvalue weighted by molar-refractivity contribution is 5.92. The second-order valence-corrected chi connectivity index (χ2v) is 9.23. The fourth-order valence-electron chi connectivity index (χ4n) is 4.45. The van der Waals surface area contributed by atoms with Crippen LogP contribution in [0.3, 0.4) is 0 Å². The number of imidazole rings is 1. The van der Waals surface area contributed by atoms with Gasteiger partial charge in [-0.1, -0.05) is 24.3 Å². The maximum Gasteiger partial charge on any atom is 0.335 e. The van der Waals surface area contributed by atoms with Crippen molar-refractivity contribution in [3.63, 3.8) is 0 Å². The van der Waals surface area contributed by atoms with Gasteiger partial charge in [-0.05, 0) is 42.0 Å². The number of carboxylic acid groups (broad SMARTS) is 1. The average Bonchev–Trinajstić information content (AvgIpc) is 3.29. The van der Waals surface area contributed by atoms with Gasteiger partial charge in [0.05, 0.1) is 34.6 Å². The van der Waals surface area contributed by atoms with E-state index in [2.05, 4.69) is 9.97 Å². The number of ether oxygens (including phenoxy) is 2. The van der Waals surface area contributed by atoms with Crippen molar-refractivity contribution in [2.24, 2.45) is 7.05 Å². The molecule has 9 nitrogen and oxygen atoms in total. The molecule has 40 heavy (non-hydrogen) atoms. The molecule has 204 valence electrons. The van der Waals surface area contributed by atoms with Crippen LogP contribution < -0.4 is 10.3 Å². The van der Waals surface area contributed by atoms with E-state index in [9.17, 15) is 14.7 Å². The molecule has 0 amide bonds. The van der Waals surface area contributed by atoms with Gasteiger partial charge in [0, 0.05) is 44.8 Å². The minimum Gasteiger partial charge on any atom is -0.478 e. The summed E-state index contributed by atoms with van der Waals surface area (Å²) in [6.45, 7) is 0.995. The molecule has 0 fully saturated rings. The lowest BCUT2D eigenvalue weighted by Crippen LogP contribution is -2.19. The van der Waals surface area contributed by atoms with Crippen LogP contribution in [-0.2, 0) is 31.4 Å². The van der Waals surface area contributed by atoms with Crippen LogP contribution >= 0.6 is 0 Å². The summed E-state index contributed by atoms with van der Waals surface area (Å²) in [7, 11) is 3.26. The van der Waals surface area contributed by atoms with Crippen LogP contribution in [-0.4, -0.2) is 43.9 Å². The molecule has 0 aliphatic heterocycles. The number of carbonyl (C=O) groups is 1. The zero-order valence-corrected chi connectivity index (χ0v) is 22.0. The molecule has 3 heterocycles. The highest BCUT2D eigenvalue weighted by atomic mass is 19.1. The molecule has 0 saturated carbocycles. The molecule has 0 radical (unpaired) electrons. The zero-order chi connectivity index (χ0) is 28.2. The molecule has 5 rings (SSSR count). The monoisotopic (exact) mass is 542 g/mol. The van der Waals surface area contributed by atoms with Crippen molar-refractivity contribution >= 4 is 17.0 Å². The molecule has 0 bridgehead atoms. The number of halogens is 1. The number of benzene rings is 2. The molecule has 10 heteroatoms. The normalized spacial score (nSPS) is 11.2. The lowest BCUT2D eigenvalue weighted by Gasteiger charge is -2.11. The smallest absolute Gasteiger partial charge is 0.335 e. The third-order valence-electron chi connectivity index (χ3n) is 6.67. The lowest BCUT2D eigenvalue weighted by molar-refractivity contribution is 0.0697. The number of nitrogens with zero attached hydrogens (tertiary/aromatic N) is 4. The Morgan fingerprint density at radius 2 is 1.85 bits per heavy atom. The second kappa shape index (κ2) is 11.5. The maximum absolute atomic E-state index is 15.4. The second-order valence-electron chi connectivity index (χ2n) is 9.23. The minimum atomic E-state index is -1.03. The summed E-state index contributed by atoms with van der Waals surface area (Å²) in [6.07, 6.45) is 0.208. The van der Waals surface area contributed by atoms with E-state index in [0.29, 0.717) is 58.4 Å². The predicted octanol–water partition coefficient (Wildman–Crippen LogP) is 4.45. The summed E-state index contributed by atoms with van der Waals surface area (Å²) >= 11 is 0. The van der Waals surface area contributed by atoms with E-state index in [1.54, 1.807) is 68.8 Å². The van der Waals surface area contributed by atoms with E-state index in [4.69, 9.17) is 9.47 Å². The lowest BCUT2D eigenvalue weighted by atomic mass is 10.1. The summed E-state index contributed by atoms with van der Waals surface area (Å²) in [5.41, 5.74) is 3.57. The van der Waals surface area contributed by atoms with E-state index in [-0.39, 0.29) is 24.2 Å². The van der Waals surface area contributed by atoms with Crippen molar-refractivity contribution in [3.05, 3.63) is 112 Å². The van der Waals surface area contributed by atoms with Crippen molar-refractivity contribution in [2.75, 3.05) is 13.7 Å². The van der Waals surface area contributed by atoms with Crippen molar-refractivity contribution < 1.29 is 23.8 Å². The van der Waals surface area contributed by atoms with Crippen LogP contribution in [0, 0.1) is 5.82 Å². The molecule has 0 aliphatic rings. The Morgan fingerprint density at radius 1 is 1.02 bits per heavy atom. The molecule has 0 aliphatic carbocycles. The van der Waals surface area contributed by atoms with Crippen LogP contribution in [0.2, 0.25) is 0 Å². The highest BCUT2D eigenvalue weighted by Gasteiger charge is 2.16. The van der Waals surface area contributed by atoms with Gasteiger partial charge in [-0.2, -0.15) is 0 Å². The summed E-state index contributed by atoms with van der Waals surface area (Å²) in [5.74, 6) is -0.490. The fourth-order valence-corrected chi connectivity index (χ4v) is 4.45. The van der Waals surface area contributed by atoms with Gasteiger partial charge in [-0.3, -0.25) is 4.79 Å². The highest BCUT2D eigenvalue weighted by Crippen LogP contribution is 2.26. The molecular weight excluding hydrogens is 515 g/mol. The Bertz CT molecular complexity index is 1760. The van der Waals surface area contributed by atoms with Crippen LogP contribution in [0.15, 0.2) is 77.6 Å². The van der Waals surface area contributed by atoms with Crippen molar-refractivity contribution in [1.82, 2.24) is 19.1 Å². The van der Waals surface area contributed by atoms with Gasteiger partial charge in [0.2, 0.25) is 5.88 Å². The van der Waals surface area contributed by atoms with Crippen LogP contribution in [0.4, 0.5) is 4.39 Å². The molecule has 0 atom stereocenters. The number of aromatic carboxylic acids is 1. The van der Waals surface area contributed by atoms with Gasteiger partial charge in [-0.25, -0.2) is 19.2 Å². The number of carboxylic acids is 1. The Morgan fingerprint density at radius 3 is 2.62 bits per heavy atom. The third-order valence-corrected chi connectivity index (χ3v) is 6.67. The number of hydrogen-bond donors (Lipinski definition) is 1. The number of fused-ring (bicyclic) bond motifs is 1. The number of hydrogen-bond acceptors (Lipinski definition) is 6. The van der Waals surface area contributed by atoms with E-state index in [1.807, 2.05) is 4.57 Å². The molecule has 0 unspecified atom stereocenters. The standard InChI is InChI=1S/C30H27FN4O5/c1-34-22(5-3-8-29(34)36)18-40-28-7-4-6-24(33-28)20-10-9-19(23(31)15-20)17-27-32-25-12-11-21(30(37)38)16-26(25)35(27)13-14-39-2/h3-12,15-16H,13-14,17-18H2,1-2H3,(H,37,38). The zero-order valence-electron chi connectivity index (χ0n) is 22.0. The molecule has 3 aromatic heterocycles. The van der Waals surface area contributed by atoms with Crippen molar-refractivity contribution in [3.8, 4) is 17.1 Å². The van der Waals surface area contributed by atoms with Gasteiger partial charge in [0.25, 0.3) is 5.56 Å². The first-order valence-electron chi connectivity index (χ1n) is 12.6. The van der Waals surface area contributed by atoms with Crippen LogP contribution in [0.5, 0.6) is 5.88 Å². The molecule has 0 spiro atoms. The van der Waals surface area contributed by atoms with Gasteiger partial charge in [0.15, 0.2) is 0 Å². The van der Waals surface area contributed by atoms with E-state index in [0.717, 1.165) is 0 Å².